The molecule has 0 bridgehead atoms. The second kappa shape index (κ2) is 4.74. The number of nitrogens with one attached hydrogen (secondary N) is 1. The van der Waals surface area contributed by atoms with Gasteiger partial charge in [-0.05, 0) is 0 Å². The molecule has 0 aliphatic carbocycles. The Labute approximate surface area is 94.6 Å². The van der Waals surface area contributed by atoms with Crippen LogP contribution >= 0.6 is 0 Å². The number of carbonyl (C=O) groups excluding carboxylic acids is 1. The summed E-state index contributed by atoms with van der Waals surface area (Å²) in [7, 11) is 1.65. The van der Waals surface area contributed by atoms with Crippen LogP contribution in [0.4, 0.5) is 0 Å². The molecule has 1 aliphatic rings. The summed E-state index contributed by atoms with van der Waals surface area (Å²) < 4.78 is 10.9. The Kier molecular flexibility index (Phi) is 3.33. The quantitative estimate of drug-likeness (QED) is 0.771. The lowest BCUT2D eigenvalue weighted by Crippen LogP contribution is -2.52. The minimum atomic E-state index is -0.584. The summed E-state index contributed by atoms with van der Waals surface area (Å²) >= 11 is 0. The first-order valence-corrected chi connectivity index (χ1v) is 5.24. The van der Waals surface area contributed by atoms with Gasteiger partial charge < -0.3 is 9.47 Å². The molecule has 1 atom stereocenters. The Morgan fingerprint density at radius 3 is 2.69 bits per heavy atom. The molecule has 16 heavy (non-hydrogen) atoms. The van der Waals surface area contributed by atoms with E-state index < -0.39 is 5.72 Å². The molecule has 4 heteroatoms. The third kappa shape index (κ3) is 2.00. The molecule has 4 nitrogen and oxygen atoms in total. The second-order valence-corrected chi connectivity index (χ2v) is 3.75. The van der Waals surface area contributed by atoms with Crippen molar-refractivity contribution in [3.8, 4) is 0 Å². The number of hydrogen-bond donors (Lipinski definition) is 1. The van der Waals surface area contributed by atoms with Crippen molar-refractivity contribution in [2.45, 2.75) is 5.72 Å². The van der Waals surface area contributed by atoms with Gasteiger partial charge in [-0.2, -0.15) is 0 Å². The highest BCUT2D eigenvalue weighted by Gasteiger charge is 2.34. The summed E-state index contributed by atoms with van der Waals surface area (Å²) in [4.78, 5) is 10.6. The summed E-state index contributed by atoms with van der Waals surface area (Å²) in [6.45, 7) is 1.92. The van der Waals surface area contributed by atoms with Crippen LogP contribution < -0.4 is 5.32 Å². The van der Waals surface area contributed by atoms with E-state index >= 15 is 0 Å². The van der Waals surface area contributed by atoms with Crippen LogP contribution in [0.25, 0.3) is 0 Å². The van der Waals surface area contributed by atoms with E-state index in [0.717, 1.165) is 18.4 Å². The molecular formula is C12H15NO3. The smallest absolute Gasteiger partial charge is 0.168 e. The molecule has 1 fully saturated rings. The van der Waals surface area contributed by atoms with Crippen molar-refractivity contribution in [3.63, 3.8) is 0 Å². The molecule has 0 spiro atoms. The molecule has 1 aromatic carbocycles. The number of benzene rings is 1. The van der Waals surface area contributed by atoms with E-state index in [4.69, 9.17) is 9.47 Å². The van der Waals surface area contributed by atoms with Gasteiger partial charge in [0.25, 0.3) is 0 Å². The van der Waals surface area contributed by atoms with E-state index in [-0.39, 0.29) is 0 Å². The molecule has 1 heterocycles. The maximum absolute atomic E-state index is 10.6. The van der Waals surface area contributed by atoms with Crippen molar-refractivity contribution in [2.75, 3.05) is 26.9 Å². The molecule has 1 N–H and O–H groups in total. The van der Waals surface area contributed by atoms with Crippen molar-refractivity contribution in [3.05, 3.63) is 35.4 Å². The van der Waals surface area contributed by atoms with Crippen LogP contribution in [-0.4, -0.2) is 33.2 Å². The minimum absolute atomic E-state index is 0.476. The first kappa shape index (κ1) is 11.3. The Balaban J connectivity index is 2.28. The molecule has 1 saturated heterocycles. The topological polar surface area (TPSA) is 47.6 Å². The zero-order valence-electron chi connectivity index (χ0n) is 9.23. The number of hydrogen-bond acceptors (Lipinski definition) is 4. The first-order chi connectivity index (χ1) is 7.80. The molecular weight excluding hydrogens is 206 g/mol. The largest absolute Gasteiger partial charge is 0.375 e. The highest BCUT2D eigenvalue weighted by Crippen LogP contribution is 2.24. The van der Waals surface area contributed by atoms with Crippen LogP contribution in [0.5, 0.6) is 0 Å². The monoisotopic (exact) mass is 221 g/mol. The van der Waals surface area contributed by atoms with Gasteiger partial charge in [-0.25, -0.2) is 0 Å². The van der Waals surface area contributed by atoms with Crippen molar-refractivity contribution < 1.29 is 14.3 Å². The maximum Gasteiger partial charge on any atom is 0.168 e. The fourth-order valence-electron chi connectivity index (χ4n) is 1.86. The standard InChI is InChI=1S/C12H15NO3/c1-15-12(9-16-7-6-13-12)11-4-2-10(8-14)3-5-11/h2-5,8,13H,6-7,9H2,1H3/t12-/m0/s1. The Morgan fingerprint density at radius 2 is 2.19 bits per heavy atom. The minimum Gasteiger partial charge on any atom is -0.375 e. The summed E-state index contributed by atoms with van der Waals surface area (Å²) in [5.74, 6) is 0. The van der Waals surface area contributed by atoms with Crippen molar-refractivity contribution in [2.24, 2.45) is 0 Å². The summed E-state index contributed by atoms with van der Waals surface area (Å²) in [6.07, 6.45) is 0.827. The lowest BCUT2D eigenvalue weighted by molar-refractivity contribution is -0.130. The molecule has 0 amide bonds. The van der Waals surface area contributed by atoms with Gasteiger partial charge in [-0.15, -0.1) is 0 Å². The van der Waals surface area contributed by atoms with E-state index in [1.807, 2.05) is 12.1 Å². The normalized spacial score (nSPS) is 25.3. The van der Waals surface area contributed by atoms with Crippen LogP contribution in [-0.2, 0) is 15.2 Å². The number of morpholine rings is 1. The fourth-order valence-corrected chi connectivity index (χ4v) is 1.86. The van der Waals surface area contributed by atoms with Crippen molar-refractivity contribution in [1.82, 2.24) is 5.32 Å². The van der Waals surface area contributed by atoms with Gasteiger partial charge >= 0.3 is 0 Å². The van der Waals surface area contributed by atoms with Gasteiger partial charge in [0.2, 0.25) is 0 Å². The van der Waals surface area contributed by atoms with E-state index in [0.29, 0.717) is 18.8 Å². The maximum atomic E-state index is 10.6. The third-order valence-electron chi connectivity index (χ3n) is 2.82. The summed E-state index contributed by atoms with van der Waals surface area (Å²) in [5, 5.41) is 3.30. The molecule has 86 valence electrons. The van der Waals surface area contributed by atoms with Crippen LogP contribution in [0.3, 0.4) is 0 Å². The average Bonchev–Trinajstić information content (AvgIpc) is 2.39. The zero-order chi connectivity index (χ0) is 11.4. The van der Waals surface area contributed by atoms with Gasteiger partial charge in [0, 0.05) is 24.8 Å². The van der Waals surface area contributed by atoms with Gasteiger partial charge in [0.05, 0.1) is 13.2 Å². The first-order valence-electron chi connectivity index (χ1n) is 5.24. The van der Waals surface area contributed by atoms with Crippen LogP contribution in [0, 0.1) is 0 Å². The zero-order valence-corrected chi connectivity index (χ0v) is 9.23. The summed E-state index contributed by atoms with van der Waals surface area (Å²) in [6, 6.07) is 7.32. The van der Waals surface area contributed by atoms with Gasteiger partial charge in [0.1, 0.15) is 6.29 Å². The Bertz CT molecular complexity index is 355. The highest BCUT2D eigenvalue weighted by molar-refractivity contribution is 5.74. The number of ether oxygens (including phenoxy) is 2. The fraction of sp³-hybridized carbons (Fsp3) is 0.417. The molecule has 0 radical (unpaired) electrons. The van der Waals surface area contributed by atoms with Crippen LogP contribution in [0.2, 0.25) is 0 Å². The number of aldehydes is 1. The molecule has 1 aromatic rings. The van der Waals surface area contributed by atoms with Gasteiger partial charge in [0.15, 0.2) is 5.72 Å². The molecule has 0 saturated carbocycles. The second-order valence-electron chi connectivity index (χ2n) is 3.75. The number of rotatable bonds is 3. The molecule has 0 unspecified atom stereocenters. The Hall–Kier alpha value is -1.23. The van der Waals surface area contributed by atoms with E-state index in [2.05, 4.69) is 5.32 Å². The molecule has 0 aromatic heterocycles. The predicted octanol–water partition coefficient (Wildman–Crippen LogP) is 0.918. The third-order valence-corrected chi connectivity index (χ3v) is 2.82. The number of carbonyl (C=O) groups is 1. The van der Waals surface area contributed by atoms with E-state index in [9.17, 15) is 4.79 Å². The van der Waals surface area contributed by atoms with E-state index in [1.54, 1.807) is 19.2 Å². The Morgan fingerprint density at radius 1 is 1.44 bits per heavy atom. The molecule has 2 rings (SSSR count). The molecule has 1 aliphatic heterocycles. The van der Waals surface area contributed by atoms with Crippen LogP contribution in [0.1, 0.15) is 15.9 Å². The highest BCUT2D eigenvalue weighted by atomic mass is 16.6. The SMILES string of the molecule is CO[C@]1(c2ccc(C=O)cc2)COCCN1. The van der Waals surface area contributed by atoms with Gasteiger partial charge in [-0.1, -0.05) is 24.3 Å². The van der Waals surface area contributed by atoms with Crippen molar-refractivity contribution in [1.29, 1.82) is 0 Å². The predicted molar refractivity (Wildman–Crippen MR) is 59.3 cm³/mol. The van der Waals surface area contributed by atoms with Crippen LogP contribution in [0.15, 0.2) is 24.3 Å². The lowest BCUT2D eigenvalue weighted by Gasteiger charge is -2.37. The number of methoxy groups -OCH3 is 1. The van der Waals surface area contributed by atoms with Gasteiger partial charge in [-0.3, -0.25) is 10.1 Å². The van der Waals surface area contributed by atoms with Crippen molar-refractivity contribution >= 4 is 6.29 Å². The summed E-state index contributed by atoms with van der Waals surface area (Å²) in [5.41, 5.74) is 1.05. The van der Waals surface area contributed by atoms with E-state index in [1.165, 1.54) is 0 Å². The lowest BCUT2D eigenvalue weighted by atomic mass is 10.0. The average molecular weight is 221 g/mol.